The Morgan fingerprint density at radius 3 is 2.53 bits per heavy atom. The van der Waals surface area contributed by atoms with Gasteiger partial charge in [0.25, 0.3) is 5.91 Å². The molecular weight excluding hydrogens is 409 g/mol. The summed E-state index contributed by atoms with van der Waals surface area (Å²) in [4.78, 5) is 18.3. The van der Waals surface area contributed by atoms with Gasteiger partial charge >= 0.3 is 0 Å². The van der Waals surface area contributed by atoms with E-state index in [1.807, 2.05) is 20.8 Å². The van der Waals surface area contributed by atoms with Crippen LogP contribution in [-0.4, -0.2) is 15.7 Å². The summed E-state index contributed by atoms with van der Waals surface area (Å²) < 4.78 is 20.5. The number of carbonyl (C=O) groups excluding carboxylic acids is 1. The van der Waals surface area contributed by atoms with Gasteiger partial charge < -0.3 is 4.74 Å². The van der Waals surface area contributed by atoms with Crippen LogP contribution in [0.4, 0.5) is 4.39 Å². The first kappa shape index (κ1) is 21.8. The number of hydrogen-bond acceptors (Lipinski definition) is 4. The third kappa shape index (κ3) is 5.17. The van der Waals surface area contributed by atoms with Crippen LogP contribution in [0.5, 0.6) is 11.6 Å². The van der Waals surface area contributed by atoms with Crippen molar-refractivity contribution >= 4 is 17.5 Å². The number of benzene rings is 2. The smallest absolute Gasteiger partial charge is 0.282 e. The van der Waals surface area contributed by atoms with Gasteiger partial charge in [-0.05, 0) is 35.9 Å². The molecule has 0 saturated carbocycles. The maximum absolute atomic E-state index is 13.0. The number of rotatable bonds is 6. The molecule has 3 rings (SSSR count). The SMILES string of the molecule is Cn1nc(C(C)(C)C)c(C(=O)NOCc2ccc(F)cc2)c1Oc1cccc(Cl)c1. The number of nitrogens with zero attached hydrogens (tertiary/aromatic N) is 2. The molecule has 30 heavy (non-hydrogen) atoms. The fourth-order valence-corrected chi connectivity index (χ4v) is 2.99. The summed E-state index contributed by atoms with van der Waals surface area (Å²) in [7, 11) is 1.70. The molecule has 0 saturated heterocycles. The molecule has 0 unspecified atom stereocenters. The summed E-state index contributed by atoms with van der Waals surface area (Å²) in [5.74, 6) is -0.0831. The van der Waals surface area contributed by atoms with Gasteiger partial charge in [0.15, 0.2) is 0 Å². The lowest BCUT2D eigenvalue weighted by Gasteiger charge is -2.17. The molecule has 3 aromatic rings. The predicted octanol–water partition coefficient (Wildman–Crippen LogP) is 5.16. The molecule has 2 aromatic carbocycles. The topological polar surface area (TPSA) is 65.4 Å². The van der Waals surface area contributed by atoms with Crippen molar-refractivity contribution in [1.29, 1.82) is 0 Å². The number of nitrogens with one attached hydrogen (secondary N) is 1. The minimum Gasteiger partial charge on any atom is -0.438 e. The quantitative estimate of drug-likeness (QED) is 0.547. The van der Waals surface area contributed by atoms with Gasteiger partial charge in [-0.3, -0.25) is 9.63 Å². The molecule has 1 aromatic heterocycles. The first-order valence-corrected chi connectivity index (χ1v) is 9.70. The molecule has 0 spiro atoms. The Kier molecular flexibility index (Phi) is 6.43. The van der Waals surface area contributed by atoms with Crippen LogP contribution in [-0.2, 0) is 23.9 Å². The third-order valence-electron chi connectivity index (χ3n) is 4.26. The Balaban J connectivity index is 1.84. The average molecular weight is 432 g/mol. The first-order chi connectivity index (χ1) is 14.1. The van der Waals surface area contributed by atoms with Crippen molar-refractivity contribution < 1.29 is 18.8 Å². The van der Waals surface area contributed by atoms with E-state index in [9.17, 15) is 9.18 Å². The summed E-state index contributed by atoms with van der Waals surface area (Å²) in [6.45, 7) is 5.94. The van der Waals surface area contributed by atoms with Gasteiger partial charge in [0.05, 0.1) is 12.3 Å². The van der Waals surface area contributed by atoms with Crippen molar-refractivity contribution in [2.75, 3.05) is 0 Å². The Morgan fingerprint density at radius 1 is 1.20 bits per heavy atom. The number of aryl methyl sites for hydroxylation is 1. The van der Waals surface area contributed by atoms with Gasteiger partial charge in [-0.1, -0.05) is 50.6 Å². The second-order valence-electron chi connectivity index (χ2n) is 7.81. The number of amides is 1. The number of ether oxygens (including phenoxy) is 1. The second kappa shape index (κ2) is 8.85. The maximum Gasteiger partial charge on any atom is 0.282 e. The highest BCUT2D eigenvalue weighted by Crippen LogP contribution is 2.34. The Labute approximate surface area is 179 Å². The predicted molar refractivity (Wildman–Crippen MR) is 112 cm³/mol. The highest BCUT2D eigenvalue weighted by Gasteiger charge is 2.31. The Hall–Kier alpha value is -2.90. The van der Waals surface area contributed by atoms with Crippen molar-refractivity contribution in [3.05, 3.63) is 76.2 Å². The minimum atomic E-state index is -0.493. The molecule has 1 heterocycles. The Bertz CT molecular complexity index is 1040. The standard InChI is InChI=1S/C22H23ClFN3O3/c1-22(2,3)19-18(20(28)26-29-13-14-8-10-16(24)11-9-14)21(27(4)25-19)30-17-7-5-6-15(23)12-17/h5-12H,13H2,1-4H3,(H,26,28). The molecule has 0 fully saturated rings. The molecule has 6 nitrogen and oxygen atoms in total. The van der Waals surface area contributed by atoms with E-state index in [0.29, 0.717) is 22.0 Å². The van der Waals surface area contributed by atoms with Crippen LogP contribution >= 0.6 is 11.6 Å². The lowest BCUT2D eigenvalue weighted by molar-refractivity contribution is 0.0230. The van der Waals surface area contributed by atoms with Crippen LogP contribution < -0.4 is 10.2 Å². The van der Waals surface area contributed by atoms with Crippen molar-refractivity contribution in [1.82, 2.24) is 15.3 Å². The van der Waals surface area contributed by atoms with Gasteiger partial charge in [-0.2, -0.15) is 5.10 Å². The number of hydroxylamine groups is 1. The van der Waals surface area contributed by atoms with E-state index in [1.165, 1.54) is 16.8 Å². The summed E-state index contributed by atoms with van der Waals surface area (Å²) >= 11 is 6.04. The molecule has 0 atom stereocenters. The van der Waals surface area contributed by atoms with Crippen LogP contribution in [0.1, 0.15) is 42.4 Å². The number of hydrogen-bond donors (Lipinski definition) is 1. The van der Waals surface area contributed by atoms with E-state index in [0.717, 1.165) is 0 Å². The van der Waals surface area contributed by atoms with E-state index >= 15 is 0 Å². The Morgan fingerprint density at radius 2 is 1.90 bits per heavy atom. The van der Waals surface area contributed by atoms with Crippen LogP contribution in [0.3, 0.4) is 0 Å². The summed E-state index contributed by atoms with van der Waals surface area (Å²) in [5, 5.41) is 5.01. The molecular formula is C22H23ClFN3O3. The fraction of sp³-hybridized carbons (Fsp3) is 0.273. The zero-order valence-electron chi connectivity index (χ0n) is 17.2. The summed E-state index contributed by atoms with van der Waals surface area (Å²) in [6.07, 6.45) is 0. The number of halogens is 2. The van der Waals surface area contributed by atoms with Crippen molar-refractivity contribution in [2.45, 2.75) is 32.8 Å². The van der Waals surface area contributed by atoms with Crippen LogP contribution in [0.2, 0.25) is 5.02 Å². The highest BCUT2D eigenvalue weighted by molar-refractivity contribution is 6.30. The molecule has 0 aliphatic rings. The second-order valence-corrected chi connectivity index (χ2v) is 8.24. The van der Waals surface area contributed by atoms with E-state index in [4.69, 9.17) is 21.2 Å². The molecule has 0 bridgehead atoms. The van der Waals surface area contributed by atoms with E-state index in [-0.39, 0.29) is 23.9 Å². The van der Waals surface area contributed by atoms with E-state index in [2.05, 4.69) is 10.6 Å². The minimum absolute atomic E-state index is 0.0849. The average Bonchev–Trinajstić information content (AvgIpc) is 3.00. The lowest BCUT2D eigenvalue weighted by Crippen LogP contribution is -2.27. The van der Waals surface area contributed by atoms with Gasteiger partial charge in [-0.25, -0.2) is 14.6 Å². The van der Waals surface area contributed by atoms with Gasteiger partial charge in [0.2, 0.25) is 5.88 Å². The molecule has 1 amide bonds. The maximum atomic E-state index is 13.0. The molecule has 8 heteroatoms. The molecule has 0 aliphatic heterocycles. The third-order valence-corrected chi connectivity index (χ3v) is 4.49. The molecule has 0 radical (unpaired) electrons. The van der Waals surface area contributed by atoms with Gasteiger partial charge in [0, 0.05) is 17.5 Å². The molecule has 0 aliphatic carbocycles. The van der Waals surface area contributed by atoms with Crippen molar-refractivity contribution in [2.24, 2.45) is 7.05 Å². The summed E-state index contributed by atoms with van der Waals surface area (Å²) in [6, 6.07) is 12.7. The number of aromatic nitrogens is 2. The number of carbonyl (C=O) groups is 1. The monoisotopic (exact) mass is 431 g/mol. The van der Waals surface area contributed by atoms with Crippen molar-refractivity contribution in [3.63, 3.8) is 0 Å². The lowest BCUT2D eigenvalue weighted by atomic mass is 9.89. The van der Waals surface area contributed by atoms with E-state index < -0.39 is 11.3 Å². The fourth-order valence-electron chi connectivity index (χ4n) is 2.81. The summed E-state index contributed by atoms with van der Waals surface area (Å²) in [5.41, 5.74) is 3.56. The normalized spacial score (nSPS) is 11.4. The van der Waals surface area contributed by atoms with Crippen LogP contribution in [0, 0.1) is 5.82 Å². The molecule has 158 valence electrons. The van der Waals surface area contributed by atoms with Gasteiger partial charge in [0.1, 0.15) is 17.1 Å². The van der Waals surface area contributed by atoms with E-state index in [1.54, 1.807) is 43.4 Å². The largest absolute Gasteiger partial charge is 0.438 e. The highest BCUT2D eigenvalue weighted by atomic mass is 35.5. The van der Waals surface area contributed by atoms with Gasteiger partial charge in [-0.15, -0.1) is 0 Å². The first-order valence-electron chi connectivity index (χ1n) is 9.32. The van der Waals surface area contributed by atoms with Crippen LogP contribution in [0.15, 0.2) is 48.5 Å². The van der Waals surface area contributed by atoms with Crippen molar-refractivity contribution in [3.8, 4) is 11.6 Å². The zero-order valence-corrected chi connectivity index (χ0v) is 18.0. The van der Waals surface area contributed by atoms with Crippen LogP contribution in [0.25, 0.3) is 0 Å². The zero-order chi connectivity index (χ0) is 21.9. The molecule has 1 N–H and O–H groups in total.